The molecule has 2 aliphatic rings. The van der Waals surface area contributed by atoms with Gasteiger partial charge < -0.3 is 14.7 Å². The van der Waals surface area contributed by atoms with Crippen LogP contribution in [0.25, 0.3) is 0 Å². The first-order valence-electron chi connectivity index (χ1n) is 6.58. The monoisotopic (exact) mass is 263 g/mol. The van der Waals surface area contributed by atoms with Crippen molar-refractivity contribution in [1.29, 1.82) is 0 Å². The number of carbonyl (C=O) groups excluding carboxylic acids is 1. The van der Waals surface area contributed by atoms with Crippen LogP contribution in [0.5, 0.6) is 0 Å². The summed E-state index contributed by atoms with van der Waals surface area (Å²) in [5.74, 6) is 0.951. The zero-order valence-corrected chi connectivity index (χ0v) is 10.7. The lowest BCUT2D eigenvalue weighted by Gasteiger charge is -2.18. The normalized spacial score (nSPS) is 23.0. The molecule has 1 amide bonds. The second-order valence-electron chi connectivity index (χ2n) is 4.87. The van der Waals surface area contributed by atoms with Crippen molar-refractivity contribution in [2.24, 2.45) is 0 Å². The van der Waals surface area contributed by atoms with Crippen molar-refractivity contribution in [1.82, 2.24) is 4.98 Å². The number of anilines is 2. The van der Waals surface area contributed by atoms with E-state index in [0.717, 1.165) is 18.9 Å². The Morgan fingerprint density at radius 2 is 2.16 bits per heavy atom. The number of ether oxygens (including phenoxy) is 1. The lowest BCUT2D eigenvalue weighted by molar-refractivity contribution is 0.0963. The van der Waals surface area contributed by atoms with Gasteiger partial charge in [-0.2, -0.15) is 0 Å². The van der Waals surface area contributed by atoms with E-state index < -0.39 is 12.2 Å². The van der Waals surface area contributed by atoms with Gasteiger partial charge in [-0.25, -0.2) is 9.78 Å². The van der Waals surface area contributed by atoms with Crippen LogP contribution in [0, 0.1) is 0 Å². The second kappa shape index (κ2) is 5.05. The number of aliphatic hydroxyl groups is 1. The maximum atomic E-state index is 11.6. The molecular weight excluding hydrogens is 246 g/mol. The van der Waals surface area contributed by atoms with E-state index in [1.54, 1.807) is 6.20 Å². The number of carbonyl (C=O) groups is 1. The van der Waals surface area contributed by atoms with E-state index >= 15 is 0 Å². The predicted octanol–water partition coefficient (Wildman–Crippen LogP) is 0.999. The summed E-state index contributed by atoms with van der Waals surface area (Å²) in [6, 6.07) is 3.81. The molecule has 0 radical (unpaired) electrons. The third-order valence-corrected chi connectivity index (χ3v) is 3.55. The lowest BCUT2D eigenvalue weighted by Crippen LogP contribution is -2.26. The highest BCUT2D eigenvalue weighted by Crippen LogP contribution is 2.24. The van der Waals surface area contributed by atoms with Crippen molar-refractivity contribution in [2.45, 2.75) is 18.9 Å². The van der Waals surface area contributed by atoms with E-state index in [0.29, 0.717) is 12.2 Å². The summed E-state index contributed by atoms with van der Waals surface area (Å²) in [7, 11) is 0. The average Bonchev–Trinajstić information content (AvgIpc) is 3.08. The Morgan fingerprint density at radius 1 is 1.37 bits per heavy atom. The summed E-state index contributed by atoms with van der Waals surface area (Å²) in [5, 5.41) is 9.01. The molecule has 0 aliphatic carbocycles. The highest BCUT2D eigenvalue weighted by atomic mass is 16.6. The molecule has 1 aromatic heterocycles. The molecule has 1 atom stereocenters. The van der Waals surface area contributed by atoms with Gasteiger partial charge in [0.25, 0.3) is 0 Å². The number of hydrogen-bond acceptors (Lipinski definition) is 5. The summed E-state index contributed by atoms with van der Waals surface area (Å²) >= 11 is 0. The highest BCUT2D eigenvalue weighted by Gasteiger charge is 2.32. The van der Waals surface area contributed by atoms with Gasteiger partial charge in [-0.1, -0.05) is 0 Å². The molecule has 3 heterocycles. The first-order valence-corrected chi connectivity index (χ1v) is 6.58. The minimum Gasteiger partial charge on any atom is -0.441 e. The van der Waals surface area contributed by atoms with Crippen molar-refractivity contribution < 1.29 is 14.6 Å². The van der Waals surface area contributed by atoms with Gasteiger partial charge in [-0.15, -0.1) is 0 Å². The molecule has 2 saturated heterocycles. The van der Waals surface area contributed by atoms with Crippen LogP contribution < -0.4 is 9.80 Å². The Bertz CT molecular complexity index is 457. The number of nitrogens with zero attached hydrogens (tertiary/aromatic N) is 3. The molecule has 1 N–H and O–H groups in total. The van der Waals surface area contributed by atoms with E-state index in [-0.39, 0.29) is 6.61 Å². The highest BCUT2D eigenvalue weighted by molar-refractivity contribution is 5.89. The van der Waals surface area contributed by atoms with Gasteiger partial charge >= 0.3 is 6.09 Å². The van der Waals surface area contributed by atoms with E-state index in [9.17, 15) is 4.79 Å². The van der Waals surface area contributed by atoms with E-state index in [2.05, 4.69) is 9.88 Å². The number of rotatable bonds is 3. The molecule has 0 spiro atoms. The molecule has 102 valence electrons. The number of cyclic esters (lactones) is 1. The van der Waals surface area contributed by atoms with Crippen LogP contribution in [0.3, 0.4) is 0 Å². The quantitative estimate of drug-likeness (QED) is 0.881. The largest absolute Gasteiger partial charge is 0.441 e. The van der Waals surface area contributed by atoms with Crippen LogP contribution in [-0.4, -0.2) is 48.5 Å². The van der Waals surface area contributed by atoms with Crippen LogP contribution in [0.4, 0.5) is 16.3 Å². The fourth-order valence-corrected chi connectivity index (χ4v) is 2.50. The molecule has 3 rings (SSSR count). The standard InChI is InChI=1S/C13H17N3O3/c17-9-11-8-16(13(18)19-11)10-3-4-12(14-7-10)15-5-1-2-6-15/h3-4,7,11,17H,1-2,5-6,8-9H2/t11-/m1/s1. The van der Waals surface area contributed by atoms with Gasteiger partial charge in [-0.05, 0) is 25.0 Å². The molecule has 0 aromatic carbocycles. The van der Waals surface area contributed by atoms with Gasteiger partial charge in [0.2, 0.25) is 0 Å². The molecule has 2 fully saturated rings. The van der Waals surface area contributed by atoms with Gasteiger partial charge in [0.1, 0.15) is 11.9 Å². The van der Waals surface area contributed by atoms with Gasteiger partial charge in [0.15, 0.2) is 0 Å². The molecule has 1 aromatic rings. The Morgan fingerprint density at radius 3 is 2.74 bits per heavy atom. The average molecular weight is 263 g/mol. The second-order valence-corrected chi connectivity index (χ2v) is 4.87. The Balaban J connectivity index is 1.73. The van der Waals surface area contributed by atoms with Crippen LogP contribution in [0.1, 0.15) is 12.8 Å². The molecule has 2 aliphatic heterocycles. The fraction of sp³-hybridized carbons (Fsp3) is 0.538. The van der Waals surface area contributed by atoms with E-state index in [4.69, 9.17) is 9.84 Å². The lowest BCUT2D eigenvalue weighted by atomic mass is 10.3. The summed E-state index contributed by atoms with van der Waals surface area (Å²) in [6.45, 7) is 2.32. The van der Waals surface area contributed by atoms with Crippen molar-refractivity contribution in [2.75, 3.05) is 36.0 Å². The summed E-state index contributed by atoms with van der Waals surface area (Å²) in [6.07, 6.45) is 3.25. The van der Waals surface area contributed by atoms with Gasteiger partial charge in [-0.3, -0.25) is 4.90 Å². The maximum absolute atomic E-state index is 11.6. The SMILES string of the molecule is O=C1O[C@@H](CO)CN1c1ccc(N2CCCC2)nc1. The molecule has 0 saturated carbocycles. The van der Waals surface area contributed by atoms with Crippen LogP contribution >= 0.6 is 0 Å². The zero-order valence-electron chi connectivity index (χ0n) is 10.7. The third kappa shape index (κ3) is 2.35. The molecule has 6 heteroatoms. The Labute approximate surface area is 111 Å². The van der Waals surface area contributed by atoms with E-state index in [1.165, 1.54) is 17.7 Å². The van der Waals surface area contributed by atoms with Crippen LogP contribution in [0.15, 0.2) is 18.3 Å². The van der Waals surface area contributed by atoms with Crippen molar-refractivity contribution >= 4 is 17.6 Å². The number of aromatic nitrogens is 1. The molecular formula is C13H17N3O3. The first-order chi connectivity index (χ1) is 9.28. The number of pyridine rings is 1. The smallest absolute Gasteiger partial charge is 0.414 e. The Kier molecular flexibility index (Phi) is 3.25. The third-order valence-electron chi connectivity index (χ3n) is 3.55. The van der Waals surface area contributed by atoms with Crippen LogP contribution in [0.2, 0.25) is 0 Å². The van der Waals surface area contributed by atoms with Crippen molar-refractivity contribution in [3.8, 4) is 0 Å². The number of amides is 1. The molecule has 0 unspecified atom stereocenters. The topological polar surface area (TPSA) is 65.9 Å². The summed E-state index contributed by atoms with van der Waals surface area (Å²) in [5.41, 5.74) is 0.712. The van der Waals surface area contributed by atoms with Crippen molar-refractivity contribution in [3.05, 3.63) is 18.3 Å². The first kappa shape index (κ1) is 12.2. The van der Waals surface area contributed by atoms with Gasteiger partial charge in [0.05, 0.1) is 25.0 Å². The number of aliphatic hydroxyl groups excluding tert-OH is 1. The Hall–Kier alpha value is -1.82. The van der Waals surface area contributed by atoms with Gasteiger partial charge in [0, 0.05) is 13.1 Å². The minimum atomic E-state index is -0.439. The van der Waals surface area contributed by atoms with Crippen LogP contribution in [-0.2, 0) is 4.74 Å². The summed E-state index contributed by atoms with van der Waals surface area (Å²) in [4.78, 5) is 19.8. The van der Waals surface area contributed by atoms with Crippen molar-refractivity contribution in [3.63, 3.8) is 0 Å². The molecule has 19 heavy (non-hydrogen) atoms. The predicted molar refractivity (Wildman–Crippen MR) is 70.4 cm³/mol. The summed E-state index contributed by atoms with van der Waals surface area (Å²) < 4.78 is 5.01. The van der Waals surface area contributed by atoms with E-state index in [1.807, 2.05) is 12.1 Å². The maximum Gasteiger partial charge on any atom is 0.414 e. The fourth-order valence-electron chi connectivity index (χ4n) is 2.50. The minimum absolute atomic E-state index is 0.151. The molecule has 0 bridgehead atoms. The number of hydrogen-bond donors (Lipinski definition) is 1. The zero-order chi connectivity index (χ0) is 13.2. The molecule has 6 nitrogen and oxygen atoms in total.